The van der Waals surface area contributed by atoms with E-state index < -0.39 is 8.32 Å². The van der Waals surface area contributed by atoms with Crippen LogP contribution in [0.25, 0.3) is 0 Å². The Hall–Kier alpha value is 0.0969. The van der Waals surface area contributed by atoms with Gasteiger partial charge in [-0.25, -0.2) is 0 Å². The van der Waals surface area contributed by atoms with Gasteiger partial charge in [0.2, 0.25) is 0 Å². The van der Waals surface area contributed by atoms with E-state index in [9.17, 15) is 0 Å². The average molecular weight is 246 g/mol. The number of ether oxygens (including phenoxy) is 1. The van der Waals surface area contributed by atoms with Crippen LogP contribution in [0.1, 0.15) is 34.1 Å². The van der Waals surface area contributed by atoms with E-state index in [2.05, 4.69) is 40.8 Å². The Balaban J connectivity index is 2.61. The number of aliphatic hydroxyl groups is 1. The first-order valence-electron chi connectivity index (χ1n) is 6.13. The molecule has 0 aromatic rings. The normalized spacial score (nSPS) is 27.9. The van der Waals surface area contributed by atoms with E-state index in [0.29, 0.717) is 12.5 Å². The second-order valence-corrected chi connectivity index (χ2v) is 11.0. The molecule has 1 fully saturated rings. The molecule has 16 heavy (non-hydrogen) atoms. The monoisotopic (exact) mass is 246 g/mol. The molecule has 0 aromatic carbocycles. The summed E-state index contributed by atoms with van der Waals surface area (Å²) in [5, 5.41) is 9.29. The van der Waals surface area contributed by atoms with Gasteiger partial charge in [-0.2, -0.15) is 0 Å². The van der Waals surface area contributed by atoms with Crippen molar-refractivity contribution in [2.24, 2.45) is 0 Å². The Labute approximate surface area is 100 Å². The van der Waals surface area contributed by atoms with Gasteiger partial charge in [0.25, 0.3) is 0 Å². The van der Waals surface area contributed by atoms with Gasteiger partial charge >= 0.3 is 0 Å². The minimum Gasteiger partial charge on any atom is -0.411 e. The molecule has 0 unspecified atom stereocenters. The molecule has 1 aliphatic rings. The fourth-order valence-corrected chi connectivity index (χ4v) is 2.93. The van der Waals surface area contributed by atoms with Crippen molar-refractivity contribution in [3.05, 3.63) is 0 Å². The topological polar surface area (TPSA) is 42.0 Å². The molecule has 96 valence electrons. The second kappa shape index (κ2) is 4.76. The van der Waals surface area contributed by atoms with Crippen LogP contribution in [0.15, 0.2) is 0 Å². The van der Waals surface area contributed by atoms with Crippen LogP contribution in [-0.4, -0.2) is 38.3 Å². The van der Waals surface area contributed by atoms with E-state index in [4.69, 9.17) is 14.3 Å². The third-order valence-corrected chi connectivity index (χ3v) is 8.29. The number of hydrogen-bond acceptors (Lipinski definition) is 3. The lowest BCUT2D eigenvalue weighted by molar-refractivity contribution is 0.111. The van der Waals surface area contributed by atoms with Crippen LogP contribution < -0.4 is 0 Å². The van der Waals surface area contributed by atoms with Crippen molar-refractivity contribution >= 4 is 8.32 Å². The zero-order chi connectivity index (χ0) is 12.6. The smallest absolute Gasteiger partial charge is 0.192 e. The average Bonchev–Trinajstić information content (AvgIpc) is 2.79. The van der Waals surface area contributed by atoms with Gasteiger partial charge in [0, 0.05) is 6.61 Å². The lowest BCUT2D eigenvalue weighted by Gasteiger charge is -2.39. The van der Waals surface area contributed by atoms with Crippen molar-refractivity contribution in [2.75, 3.05) is 6.61 Å². The number of epoxide rings is 1. The molecule has 0 saturated carbocycles. The molecule has 1 saturated heterocycles. The van der Waals surface area contributed by atoms with Gasteiger partial charge in [-0.1, -0.05) is 20.8 Å². The van der Waals surface area contributed by atoms with Gasteiger partial charge < -0.3 is 14.3 Å². The van der Waals surface area contributed by atoms with Crippen LogP contribution in [0.4, 0.5) is 0 Å². The Bertz CT molecular complexity index is 235. The van der Waals surface area contributed by atoms with Crippen LogP contribution in [0.2, 0.25) is 18.1 Å². The zero-order valence-corrected chi connectivity index (χ0v) is 12.4. The van der Waals surface area contributed by atoms with Crippen LogP contribution in [0, 0.1) is 0 Å². The minimum absolute atomic E-state index is 0.0703. The molecule has 1 rings (SSSR count). The molecule has 1 N–H and O–H groups in total. The summed E-state index contributed by atoms with van der Waals surface area (Å²) in [6.45, 7) is 13.4. The minimum atomic E-state index is -1.75. The summed E-state index contributed by atoms with van der Waals surface area (Å²) in [7, 11) is -1.75. The van der Waals surface area contributed by atoms with Crippen molar-refractivity contribution in [2.45, 2.75) is 70.6 Å². The van der Waals surface area contributed by atoms with Crippen molar-refractivity contribution < 1.29 is 14.3 Å². The molecular weight excluding hydrogens is 220 g/mol. The van der Waals surface area contributed by atoms with Crippen LogP contribution in [0.3, 0.4) is 0 Å². The van der Waals surface area contributed by atoms with E-state index in [1.807, 2.05) is 0 Å². The van der Waals surface area contributed by atoms with E-state index in [0.717, 1.165) is 0 Å². The van der Waals surface area contributed by atoms with Crippen molar-refractivity contribution in [3.8, 4) is 0 Å². The maximum Gasteiger partial charge on any atom is 0.192 e. The predicted molar refractivity (Wildman–Crippen MR) is 68.1 cm³/mol. The lowest BCUT2D eigenvalue weighted by atomic mass is 10.1. The first kappa shape index (κ1) is 14.2. The quantitative estimate of drug-likeness (QED) is 0.599. The molecule has 0 radical (unpaired) electrons. The maximum atomic E-state index is 9.08. The van der Waals surface area contributed by atoms with Crippen molar-refractivity contribution in [1.29, 1.82) is 0 Å². The van der Waals surface area contributed by atoms with Crippen molar-refractivity contribution in [1.82, 2.24) is 0 Å². The molecule has 1 heterocycles. The highest BCUT2D eigenvalue weighted by molar-refractivity contribution is 6.74. The molecule has 0 spiro atoms. The molecule has 3 nitrogen and oxygen atoms in total. The van der Waals surface area contributed by atoms with E-state index in [-0.39, 0.29) is 23.9 Å². The summed E-state index contributed by atoms with van der Waals surface area (Å²) < 4.78 is 11.8. The van der Waals surface area contributed by atoms with E-state index in [1.54, 1.807) is 0 Å². The van der Waals surface area contributed by atoms with Crippen LogP contribution >= 0.6 is 0 Å². The predicted octanol–water partition coefficient (Wildman–Crippen LogP) is 2.55. The zero-order valence-electron chi connectivity index (χ0n) is 11.4. The van der Waals surface area contributed by atoms with Gasteiger partial charge in [0.1, 0.15) is 6.10 Å². The summed E-state index contributed by atoms with van der Waals surface area (Å²) in [4.78, 5) is 0. The van der Waals surface area contributed by atoms with Crippen LogP contribution in [0.5, 0.6) is 0 Å². The summed E-state index contributed by atoms with van der Waals surface area (Å²) in [6, 6.07) is 0. The fraction of sp³-hybridized carbons (Fsp3) is 1.00. The first-order valence-corrected chi connectivity index (χ1v) is 9.04. The molecule has 0 amide bonds. The van der Waals surface area contributed by atoms with Gasteiger partial charge in [-0.3, -0.25) is 0 Å². The largest absolute Gasteiger partial charge is 0.411 e. The maximum absolute atomic E-state index is 9.08. The second-order valence-electron chi connectivity index (χ2n) is 6.23. The third-order valence-electron chi connectivity index (χ3n) is 3.79. The number of aliphatic hydroxyl groups excluding tert-OH is 1. The number of hydrogen-bond donors (Lipinski definition) is 1. The van der Waals surface area contributed by atoms with Crippen molar-refractivity contribution in [3.63, 3.8) is 0 Å². The summed E-state index contributed by atoms with van der Waals surface area (Å²) in [6.07, 6.45) is 1.24. The summed E-state index contributed by atoms with van der Waals surface area (Å²) in [5.41, 5.74) is 0. The van der Waals surface area contributed by atoms with E-state index in [1.165, 1.54) is 0 Å². The molecule has 0 aromatic heterocycles. The molecule has 1 aliphatic heterocycles. The molecular formula is C12H26O3Si. The van der Waals surface area contributed by atoms with Gasteiger partial charge in [-0.15, -0.1) is 0 Å². The lowest BCUT2D eigenvalue weighted by Crippen LogP contribution is -2.45. The Kier molecular flexibility index (Phi) is 4.22. The standard InChI is InChI=1S/C12H26O3Si/c1-9-11(14-9)10(7-8-13)15-16(5,6)12(2,3)4/h9-11,13H,7-8H2,1-6H3/t9-,10-,11+/m0/s1. The fourth-order valence-electron chi connectivity index (χ4n) is 1.57. The molecule has 3 atom stereocenters. The SMILES string of the molecule is C[C@@H]1O[C@H]1[C@H](CCO)O[Si](C)(C)C(C)(C)C. The Morgan fingerprint density at radius 2 is 1.88 bits per heavy atom. The summed E-state index contributed by atoms with van der Waals surface area (Å²) >= 11 is 0. The first-order chi connectivity index (χ1) is 7.19. The highest BCUT2D eigenvalue weighted by Crippen LogP contribution is 2.40. The molecule has 0 bridgehead atoms. The molecule has 0 aliphatic carbocycles. The van der Waals surface area contributed by atoms with Crippen LogP contribution in [-0.2, 0) is 9.16 Å². The van der Waals surface area contributed by atoms with E-state index >= 15 is 0 Å². The highest BCUT2D eigenvalue weighted by Gasteiger charge is 2.47. The summed E-state index contributed by atoms with van der Waals surface area (Å²) in [5.74, 6) is 0. The van der Waals surface area contributed by atoms with Gasteiger partial charge in [0.05, 0.1) is 12.2 Å². The van der Waals surface area contributed by atoms with Gasteiger partial charge in [0.15, 0.2) is 8.32 Å². The number of rotatable bonds is 5. The molecule has 4 heteroatoms. The van der Waals surface area contributed by atoms with Gasteiger partial charge in [-0.05, 0) is 31.5 Å². The third kappa shape index (κ3) is 3.29. The highest BCUT2D eigenvalue weighted by atomic mass is 28.4. The Morgan fingerprint density at radius 1 is 1.38 bits per heavy atom. The Morgan fingerprint density at radius 3 is 2.19 bits per heavy atom.